The van der Waals surface area contributed by atoms with E-state index in [4.69, 9.17) is 0 Å². The first-order valence-corrected chi connectivity index (χ1v) is 9.71. The van der Waals surface area contributed by atoms with Gasteiger partial charge in [-0.25, -0.2) is 17.9 Å². The maximum absolute atomic E-state index is 12.6. The van der Waals surface area contributed by atoms with E-state index in [1.807, 2.05) is 20.8 Å². The predicted octanol–water partition coefficient (Wildman–Crippen LogP) is 2.97. The summed E-state index contributed by atoms with van der Waals surface area (Å²) in [5.74, 6) is 0. The molecule has 1 aliphatic rings. The topological polar surface area (TPSA) is 72.2 Å². The van der Waals surface area contributed by atoms with E-state index in [2.05, 4.69) is 4.72 Å². The molecule has 0 unspecified atom stereocenters. The summed E-state index contributed by atoms with van der Waals surface area (Å²) in [6, 6.07) is 6.11. The maximum atomic E-state index is 12.6. The van der Waals surface area contributed by atoms with Crippen molar-refractivity contribution in [2.75, 3.05) is 0 Å². The fraction of sp³-hybridized carbons (Fsp3) is 0.588. The van der Waals surface area contributed by atoms with Gasteiger partial charge in [-0.1, -0.05) is 31.0 Å². The number of nitrogens with one attached hydrogen (secondary N) is 1. The van der Waals surface area contributed by atoms with Crippen molar-refractivity contribution in [1.82, 2.24) is 4.72 Å². The van der Waals surface area contributed by atoms with Crippen LogP contribution in [0.5, 0.6) is 0 Å². The van der Waals surface area contributed by atoms with Crippen LogP contribution in [0, 0.1) is 12.1 Å². The highest BCUT2D eigenvalue weighted by molar-refractivity contribution is 7.89. The quantitative estimate of drug-likeness (QED) is 0.388. The van der Waals surface area contributed by atoms with Crippen LogP contribution in [0.25, 0.3) is 0 Å². The Balaban J connectivity index is 2.23. The third kappa shape index (κ3) is 4.32. The van der Waals surface area contributed by atoms with Crippen molar-refractivity contribution in [3.63, 3.8) is 0 Å². The molecule has 1 N–H and O–H groups in total. The second kappa shape index (κ2) is 7.45. The fourth-order valence-corrected chi connectivity index (χ4v) is 4.26. The number of benzene rings is 1. The van der Waals surface area contributed by atoms with Crippen molar-refractivity contribution in [3.8, 4) is 0 Å². The molecule has 0 radical (unpaired) electrons. The van der Waals surface area contributed by atoms with Crippen molar-refractivity contribution < 1.29 is 13.2 Å². The summed E-state index contributed by atoms with van der Waals surface area (Å²) in [7, 11) is -3.60. The lowest BCUT2D eigenvalue weighted by Gasteiger charge is -2.31. The highest BCUT2D eigenvalue weighted by Gasteiger charge is 2.35. The smallest absolute Gasteiger partial charge is 0.241 e. The molecule has 0 heterocycles. The van der Waals surface area contributed by atoms with E-state index in [-0.39, 0.29) is 17.0 Å². The van der Waals surface area contributed by atoms with E-state index < -0.39 is 10.0 Å². The molecule has 6 heteroatoms. The molecule has 23 heavy (non-hydrogen) atoms. The monoisotopic (exact) mass is 338 g/mol. The number of sulfonamides is 1. The van der Waals surface area contributed by atoms with Crippen molar-refractivity contribution in [2.45, 2.75) is 69.9 Å². The zero-order valence-electron chi connectivity index (χ0n) is 14.1. The summed E-state index contributed by atoms with van der Waals surface area (Å²) in [6.07, 6.45) is 4.00. The van der Waals surface area contributed by atoms with Gasteiger partial charge in [0.05, 0.1) is 10.9 Å². The number of hydrogen-bond donors (Lipinski definition) is 1. The molecule has 2 rings (SSSR count). The standard InChI is InChI=1S/C17H26N2O3S/c1-4-14(3)19(20)17-8-6-5-7-16(17)18-23(21,22)15-11-9-13(2)10-12-15/h9-12,16-18H,4-8H2,1-3H3/b19-14-/t16-,17-/m1/s1. The van der Waals surface area contributed by atoms with Crippen molar-refractivity contribution >= 4 is 15.7 Å². The normalized spacial score (nSPS) is 23.4. The first-order chi connectivity index (χ1) is 10.8. The third-order valence-electron chi connectivity index (χ3n) is 4.56. The van der Waals surface area contributed by atoms with Gasteiger partial charge in [-0.15, -0.1) is 0 Å². The van der Waals surface area contributed by atoms with Crippen LogP contribution in [0.2, 0.25) is 0 Å². The van der Waals surface area contributed by atoms with E-state index in [0.717, 1.165) is 35.3 Å². The lowest BCUT2D eigenvalue weighted by atomic mass is 9.91. The molecule has 0 saturated heterocycles. The van der Waals surface area contributed by atoms with Crippen LogP contribution in [-0.4, -0.2) is 31.0 Å². The van der Waals surface area contributed by atoms with E-state index in [1.54, 1.807) is 24.3 Å². The minimum absolute atomic E-state index is 0.251. The Labute approximate surface area is 139 Å². The van der Waals surface area contributed by atoms with Crippen molar-refractivity contribution in [1.29, 1.82) is 0 Å². The van der Waals surface area contributed by atoms with Crippen molar-refractivity contribution in [2.24, 2.45) is 0 Å². The summed E-state index contributed by atoms with van der Waals surface area (Å²) in [5.41, 5.74) is 1.76. The van der Waals surface area contributed by atoms with Crippen LogP contribution in [0.1, 0.15) is 51.5 Å². The van der Waals surface area contributed by atoms with Gasteiger partial charge >= 0.3 is 0 Å². The number of rotatable bonds is 5. The summed E-state index contributed by atoms with van der Waals surface area (Å²) >= 11 is 0. The molecule has 1 aliphatic carbocycles. The minimum atomic E-state index is -3.60. The molecule has 0 bridgehead atoms. The molecule has 0 aromatic heterocycles. The molecule has 1 fully saturated rings. The van der Waals surface area contributed by atoms with E-state index >= 15 is 0 Å². The molecule has 0 aliphatic heterocycles. The van der Waals surface area contributed by atoms with Crippen LogP contribution in [0.15, 0.2) is 29.2 Å². The Morgan fingerprint density at radius 1 is 1.26 bits per heavy atom. The fourth-order valence-electron chi connectivity index (χ4n) is 2.95. The van der Waals surface area contributed by atoms with Gasteiger partial charge in [-0.2, -0.15) is 0 Å². The number of nitrogens with zero attached hydrogens (tertiary/aromatic N) is 1. The number of aryl methyl sites for hydroxylation is 1. The largest absolute Gasteiger partial charge is 0.624 e. The van der Waals surface area contributed by atoms with Crippen LogP contribution in [0.4, 0.5) is 0 Å². The maximum Gasteiger partial charge on any atom is 0.241 e. The zero-order valence-corrected chi connectivity index (χ0v) is 14.9. The second-order valence-electron chi connectivity index (χ2n) is 6.31. The Morgan fingerprint density at radius 3 is 2.48 bits per heavy atom. The SMILES string of the molecule is CC/C(C)=[N+](\[O-])[C@@H]1CCCC[C@H]1NS(=O)(=O)c1ccc(C)cc1. The molecule has 2 atom stereocenters. The molecule has 1 aromatic rings. The van der Waals surface area contributed by atoms with Crippen molar-refractivity contribution in [3.05, 3.63) is 35.0 Å². The van der Waals surface area contributed by atoms with Gasteiger partial charge in [0.15, 0.2) is 11.8 Å². The first-order valence-electron chi connectivity index (χ1n) is 8.23. The van der Waals surface area contributed by atoms with E-state index in [1.165, 1.54) is 0 Å². The van der Waals surface area contributed by atoms with Gasteiger partial charge < -0.3 is 5.21 Å². The highest BCUT2D eigenvalue weighted by Crippen LogP contribution is 2.23. The first kappa shape index (κ1) is 17.9. The Morgan fingerprint density at radius 2 is 1.87 bits per heavy atom. The summed E-state index contributed by atoms with van der Waals surface area (Å²) in [4.78, 5) is 0.251. The van der Waals surface area contributed by atoms with Gasteiger partial charge in [0.2, 0.25) is 10.0 Å². The average Bonchev–Trinajstić information content (AvgIpc) is 2.54. The highest BCUT2D eigenvalue weighted by atomic mass is 32.2. The molecule has 5 nitrogen and oxygen atoms in total. The Bertz CT molecular complexity index is 666. The van der Waals surface area contributed by atoms with Gasteiger partial charge in [0.1, 0.15) is 0 Å². The van der Waals surface area contributed by atoms with Crippen LogP contribution >= 0.6 is 0 Å². The van der Waals surface area contributed by atoms with Gasteiger partial charge in [-0.05, 0) is 31.9 Å². The lowest BCUT2D eigenvalue weighted by Crippen LogP contribution is -2.49. The summed E-state index contributed by atoms with van der Waals surface area (Å²) < 4.78 is 28.9. The third-order valence-corrected chi connectivity index (χ3v) is 6.06. The number of hydroxylamine groups is 1. The zero-order chi connectivity index (χ0) is 17.0. The summed E-state index contributed by atoms with van der Waals surface area (Å²) in [6.45, 7) is 5.67. The molecule has 128 valence electrons. The van der Waals surface area contributed by atoms with E-state index in [0.29, 0.717) is 12.8 Å². The van der Waals surface area contributed by atoms with Gasteiger partial charge in [-0.3, -0.25) is 0 Å². The summed E-state index contributed by atoms with van der Waals surface area (Å²) in [5, 5.41) is 12.5. The lowest BCUT2D eigenvalue weighted by molar-refractivity contribution is -0.510. The van der Waals surface area contributed by atoms with Crippen LogP contribution < -0.4 is 4.72 Å². The van der Waals surface area contributed by atoms with E-state index in [9.17, 15) is 13.6 Å². The molecule has 1 saturated carbocycles. The predicted molar refractivity (Wildman–Crippen MR) is 92.1 cm³/mol. The molecule has 1 aromatic carbocycles. The minimum Gasteiger partial charge on any atom is -0.624 e. The average molecular weight is 338 g/mol. The van der Waals surface area contributed by atoms with Crippen LogP contribution in [-0.2, 0) is 10.0 Å². The molecular weight excluding hydrogens is 312 g/mol. The number of hydrogen-bond acceptors (Lipinski definition) is 3. The van der Waals surface area contributed by atoms with Gasteiger partial charge in [0.25, 0.3) is 0 Å². The Hall–Kier alpha value is -1.40. The van der Waals surface area contributed by atoms with Crippen LogP contribution in [0.3, 0.4) is 0 Å². The van der Waals surface area contributed by atoms with Gasteiger partial charge in [0, 0.05) is 19.8 Å². The molecular formula is C17H26N2O3S. The molecule has 0 spiro atoms. The Kier molecular flexibility index (Phi) is 5.81. The second-order valence-corrected chi connectivity index (χ2v) is 8.02. The molecule has 0 amide bonds.